The van der Waals surface area contributed by atoms with Crippen molar-refractivity contribution in [3.63, 3.8) is 0 Å². The van der Waals surface area contributed by atoms with Gasteiger partial charge in [-0.15, -0.1) is 0 Å². The average Bonchev–Trinajstić information content (AvgIpc) is 2.56. The number of ether oxygens (including phenoxy) is 2. The third-order valence-corrected chi connectivity index (χ3v) is 2.75. The summed E-state index contributed by atoms with van der Waals surface area (Å²) in [5.41, 5.74) is 11.7. The van der Waals surface area contributed by atoms with Crippen LogP contribution in [-0.2, 0) is 14.4 Å². The van der Waals surface area contributed by atoms with E-state index < -0.39 is 23.9 Å². The molecule has 0 radical (unpaired) electrons. The predicted octanol–water partition coefficient (Wildman–Crippen LogP) is -0.343. The van der Waals surface area contributed by atoms with E-state index in [1.807, 2.05) is 0 Å². The number of nitrogen functional groups attached to an aromatic ring is 2. The molecule has 0 aliphatic rings. The number of nitrogens with two attached hydrogens (primary N) is 2. The number of esters is 2. The number of pyridine rings is 2. The lowest BCUT2D eigenvalue weighted by molar-refractivity contribution is -0.150. The zero-order valence-corrected chi connectivity index (χ0v) is 13.1. The van der Waals surface area contributed by atoms with Gasteiger partial charge < -0.3 is 26.3 Å². The van der Waals surface area contributed by atoms with Gasteiger partial charge in [0.25, 0.3) is 0 Å². The SMILES string of the molecule is CC(=O)NC(C(=O)Oc1ccc(N)cn1)C(=O)Oc1ccc(N)cn1. The third-order valence-electron chi connectivity index (χ3n) is 2.75. The molecule has 0 unspecified atom stereocenters. The molecule has 0 bridgehead atoms. The number of hydrogen-bond acceptors (Lipinski definition) is 9. The molecule has 0 saturated carbocycles. The Morgan fingerprint density at radius 2 is 1.36 bits per heavy atom. The smallest absolute Gasteiger partial charge is 0.347 e. The summed E-state index contributed by atoms with van der Waals surface area (Å²) in [7, 11) is 0. The lowest BCUT2D eigenvalue weighted by Crippen LogP contribution is -2.49. The second-order valence-corrected chi connectivity index (χ2v) is 4.84. The zero-order chi connectivity index (χ0) is 18.4. The molecular weight excluding hydrogens is 330 g/mol. The normalized spacial score (nSPS) is 10.2. The molecule has 5 N–H and O–H groups in total. The summed E-state index contributed by atoms with van der Waals surface area (Å²) < 4.78 is 9.90. The highest BCUT2D eigenvalue weighted by Gasteiger charge is 2.32. The molecule has 2 heterocycles. The number of carbonyl (C=O) groups excluding carboxylic acids is 3. The van der Waals surface area contributed by atoms with Crippen molar-refractivity contribution < 1.29 is 23.9 Å². The minimum absolute atomic E-state index is 0.0899. The fourth-order valence-electron chi connectivity index (χ4n) is 1.65. The molecule has 0 fully saturated rings. The Morgan fingerprint density at radius 3 is 1.68 bits per heavy atom. The Labute approximate surface area is 142 Å². The van der Waals surface area contributed by atoms with Crippen LogP contribution in [0.15, 0.2) is 36.7 Å². The van der Waals surface area contributed by atoms with Crippen molar-refractivity contribution in [3.05, 3.63) is 36.7 Å². The van der Waals surface area contributed by atoms with E-state index in [1.54, 1.807) is 0 Å². The highest BCUT2D eigenvalue weighted by Crippen LogP contribution is 2.12. The number of anilines is 2. The van der Waals surface area contributed by atoms with Gasteiger partial charge in [-0.25, -0.2) is 19.6 Å². The van der Waals surface area contributed by atoms with Crippen molar-refractivity contribution in [2.45, 2.75) is 13.0 Å². The fraction of sp³-hybridized carbons (Fsp3) is 0.133. The van der Waals surface area contributed by atoms with E-state index in [0.717, 1.165) is 6.92 Å². The van der Waals surface area contributed by atoms with E-state index in [0.29, 0.717) is 11.4 Å². The summed E-state index contributed by atoms with van der Waals surface area (Å²) in [6.07, 6.45) is 2.54. The molecule has 25 heavy (non-hydrogen) atoms. The summed E-state index contributed by atoms with van der Waals surface area (Å²) >= 11 is 0. The number of amides is 1. The first-order valence-electron chi connectivity index (χ1n) is 6.98. The van der Waals surface area contributed by atoms with Crippen LogP contribution in [0.1, 0.15) is 6.92 Å². The van der Waals surface area contributed by atoms with Crippen LogP contribution in [0, 0.1) is 0 Å². The minimum atomic E-state index is -1.70. The summed E-state index contributed by atoms with van der Waals surface area (Å²) in [6.45, 7) is 1.14. The van der Waals surface area contributed by atoms with Crippen molar-refractivity contribution in [2.75, 3.05) is 11.5 Å². The molecule has 10 heteroatoms. The van der Waals surface area contributed by atoms with Gasteiger partial charge in [-0.1, -0.05) is 0 Å². The van der Waals surface area contributed by atoms with Crippen molar-refractivity contribution in [1.82, 2.24) is 15.3 Å². The van der Waals surface area contributed by atoms with E-state index >= 15 is 0 Å². The second kappa shape index (κ2) is 7.73. The zero-order valence-electron chi connectivity index (χ0n) is 13.1. The molecule has 0 spiro atoms. The highest BCUT2D eigenvalue weighted by molar-refractivity contribution is 6.03. The average molecular weight is 345 g/mol. The van der Waals surface area contributed by atoms with Crippen molar-refractivity contribution in [2.24, 2.45) is 0 Å². The Balaban J connectivity index is 2.11. The van der Waals surface area contributed by atoms with E-state index in [1.165, 1.54) is 36.7 Å². The minimum Gasteiger partial charge on any atom is -0.405 e. The maximum Gasteiger partial charge on any atom is 0.347 e. The van der Waals surface area contributed by atoms with Gasteiger partial charge in [0.05, 0.1) is 23.8 Å². The molecule has 2 rings (SSSR count). The van der Waals surface area contributed by atoms with Crippen LogP contribution in [0.3, 0.4) is 0 Å². The van der Waals surface area contributed by atoms with Gasteiger partial charge in [0.1, 0.15) is 0 Å². The van der Waals surface area contributed by atoms with Gasteiger partial charge in [0.2, 0.25) is 23.7 Å². The Hall–Kier alpha value is -3.69. The fourth-order valence-corrected chi connectivity index (χ4v) is 1.65. The first-order chi connectivity index (χ1) is 11.8. The molecule has 0 aromatic carbocycles. The van der Waals surface area contributed by atoms with Gasteiger partial charge in [-0.2, -0.15) is 0 Å². The van der Waals surface area contributed by atoms with E-state index in [2.05, 4.69) is 15.3 Å². The van der Waals surface area contributed by atoms with Gasteiger partial charge in [-0.3, -0.25) is 4.79 Å². The molecule has 2 aromatic rings. The van der Waals surface area contributed by atoms with Gasteiger partial charge in [-0.05, 0) is 12.1 Å². The van der Waals surface area contributed by atoms with Crippen LogP contribution in [-0.4, -0.2) is 33.9 Å². The van der Waals surface area contributed by atoms with E-state index in [9.17, 15) is 14.4 Å². The molecule has 130 valence electrons. The van der Waals surface area contributed by atoms with Crippen LogP contribution >= 0.6 is 0 Å². The van der Waals surface area contributed by atoms with Gasteiger partial charge >= 0.3 is 11.9 Å². The molecular formula is C15H15N5O5. The molecule has 0 aliphatic heterocycles. The number of carbonyl (C=O) groups is 3. The largest absolute Gasteiger partial charge is 0.405 e. The highest BCUT2D eigenvalue weighted by atomic mass is 16.6. The lowest BCUT2D eigenvalue weighted by atomic mass is 10.3. The Morgan fingerprint density at radius 1 is 0.920 bits per heavy atom. The first kappa shape index (κ1) is 17.7. The maximum absolute atomic E-state index is 12.2. The second-order valence-electron chi connectivity index (χ2n) is 4.84. The lowest BCUT2D eigenvalue weighted by Gasteiger charge is -2.15. The molecule has 0 aliphatic carbocycles. The summed E-state index contributed by atoms with van der Waals surface area (Å²) in [5, 5.41) is 2.15. The standard InChI is InChI=1S/C15H15N5O5/c1-8(21)20-13(14(22)24-11-4-2-9(16)6-18-11)15(23)25-12-5-3-10(17)7-19-12/h2-7,13H,16-17H2,1H3,(H,20,21). The molecule has 0 saturated heterocycles. The van der Waals surface area contributed by atoms with E-state index in [4.69, 9.17) is 20.9 Å². The number of nitrogens with zero attached hydrogens (tertiary/aromatic N) is 2. The van der Waals surface area contributed by atoms with Crippen LogP contribution in [0.4, 0.5) is 11.4 Å². The number of hydrogen-bond donors (Lipinski definition) is 3. The topological polar surface area (TPSA) is 160 Å². The number of aromatic nitrogens is 2. The van der Waals surface area contributed by atoms with Crippen LogP contribution in [0.5, 0.6) is 11.8 Å². The molecule has 0 atom stereocenters. The third kappa shape index (κ3) is 5.16. The summed E-state index contributed by atoms with van der Waals surface area (Å²) in [6, 6.07) is 3.89. The van der Waals surface area contributed by atoms with Crippen LogP contribution in [0.25, 0.3) is 0 Å². The molecule has 2 aromatic heterocycles. The van der Waals surface area contributed by atoms with Crippen LogP contribution < -0.4 is 26.3 Å². The number of nitrogens with one attached hydrogen (secondary N) is 1. The maximum atomic E-state index is 12.2. The molecule has 1 amide bonds. The molecule has 10 nitrogen and oxygen atoms in total. The van der Waals surface area contributed by atoms with Crippen LogP contribution in [0.2, 0.25) is 0 Å². The van der Waals surface area contributed by atoms with E-state index in [-0.39, 0.29) is 11.8 Å². The monoisotopic (exact) mass is 345 g/mol. The van der Waals surface area contributed by atoms with Gasteiger partial charge in [0, 0.05) is 19.1 Å². The summed E-state index contributed by atoms with van der Waals surface area (Å²) in [5.74, 6) is -2.96. The first-order valence-corrected chi connectivity index (χ1v) is 6.98. The summed E-state index contributed by atoms with van der Waals surface area (Å²) in [4.78, 5) is 43.2. The van der Waals surface area contributed by atoms with Crippen molar-refractivity contribution >= 4 is 29.2 Å². The Kier molecular flexibility index (Phi) is 5.46. The predicted molar refractivity (Wildman–Crippen MR) is 86.2 cm³/mol. The van der Waals surface area contributed by atoms with Crippen molar-refractivity contribution in [1.29, 1.82) is 0 Å². The number of rotatable bonds is 5. The Bertz CT molecular complexity index is 716. The van der Waals surface area contributed by atoms with Gasteiger partial charge in [0.15, 0.2) is 0 Å². The van der Waals surface area contributed by atoms with Crippen molar-refractivity contribution in [3.8, 4) is 11.8 Å². The quantitative estimate of drug-likeness (QED) is 0.486.